The smallest absolute Gasteiger partial charge is 0.322 e. The number of para-hydroxylation sites is 2. The molecule has 140 heavy (non-hydrogen) atoms. The van der Waals surface area contributed by atoms with Gasteiger partial charge in [0.25, 0.3) is 0 Å². The molecule has 0 saturated heterocycles. The molecule has 4 aromatic rings. The van der Waals surface area contributed by atoms with Crippen LogP contribution in [0.4, 0.5) is 0 Å². The molecule has 0 bridgehead atoms. The van der Waals surface area contributed by atoms with E-state index in [9.17, 15) is 62.6 Å². The summed E-state index contributed by atoms with van der Waals surface area (Å²) in [5.74, 6) is -19.8. The van der Waals surface area contributed by atoms with Gasteiger partial charge in [-0.05, 0) is 163 Å². The molecule has 2 aromatic heterocycles. The predicted molar refractivity (Wildman–Crippen MR) is 526 cm³/mol. The summed E-state index contributed by atoms with van der Waals surface area (Å²) >= 11 is 2.26. The molecule has 0 saturated carbocycles. The lowest BCUT2D eigenvalue weighted by atomic mass is 10.00. The fourth-order valence-corrected chi connectivity index (χ4v) is 15.7. The number of H-pyrrole nitrogens is 2. The van der Waals surface area contributed by atoms with E-state index >= 15 is 28.8 Å². The predicted octanol–water partition coefficient (Wildman–Crippen LogP) is -5.64. The minimum atomic E-state index is -1.85. The number of aromatic amines is 2. The number of primary amides is 1. The van der Waals surface area contributed by atoms with Crippen LogP contribution in [0.25, 0.3) is 21.8 Å². The van der Waals surface area contributed by atoms with Crippen LogP contribution in [0.15, 0.2) is 60.9 Å². The van der Waals surface area contributed by atoms with Gasteiger partial charge in [0.05, 0.1) is 18.5 Å². The van der Waals surface area contributed by atoms with Gasteiger partial charge >= 0.3 is 11.9 Å². The highest BCUT2D eigenvalue weighted by Gasteiger charge is 2.40. The van der Waals surface area contributed by atoms with Crippen LogP contribution in [-0.4, -0.2) is 293 Å². The first-order chi connectivity index (χ1) is 66.4. The van der Waals surface area contributed by atoms with Crippen LogP contribution in [0.2, 0.25) is 0 Å². The summed E-state index contributed by atoms with van der Waals surface area (Å²) < 4.78 is 0. The third-order valence-corrected chi connectivity index (χ3v) is 23.4. The standard InChI is InChI=1S/C88H142N30O20S2/c1-47(2)38-64(114-84(137)67(45-140-46-106-49(5)119)117-76(129)57(23-11-13-32-89)107-73(126)54(91)20-15-34-99-86(93)94)81(134)110-60(26-17-36-101-88(97)98)75(128)115-65(39-50-41-102-55-21-9-7-18-52(50)55)82(135)111-61(27-29-68(92)120)78(131)116-66(40-51-42-103-56-22-10-8-19-53(51)56)83(136)112-62(28-30-70(122)123)77(130)113-63(31-37-139-6)79(132)109-59(25-16-35-100-87(95)96)74(127)108-58(24-12-14-33-90)80(133)118-72(48(3)4)85(138)105-43-69(121)104-44-71(124)125/h7-10,18-19,21-22,41-42,47-48,54,57-67,72,102-103H,11-17,20,23-40,43-46,89-91H2,1-6H3,(H2,92,120)(H,104,121)(H,105,138)(H,106,119)(H,107,126)(H,108,127)(H,109,132)(H,110,134)(H,111,135)(H,112,136)(H,113,130)(H,114,137)(H,115,128)(H,116,131)(H,117,129)(H,118,133)(H,122,123)(H,124,125)(H4,93,94,99)(H4,95,96,100)(H4,97,98,101)/t54-,57-,58-,59-,60-,61-,62-,63-,64-,65-,66-,67-,72-/m0/s1. The second kappa shape index (κ2) is 63.8. The zero-order valence-electron chi connectivity index (χ0n) is 79.7. The molecule has 39 N–H and O–H groups in total. The van der Waals surface area contributed by atoms with Gasteiger partial charge < -0.3 is 156 Å². The van der Waals surface area contributed by atoms with Crippen molar-refractivity contribution in [3.63, 3.8) is 0 Å². The van der Waals surface area contributed by atoms with E-state index in [4.69, 9.17) is 61.5 Å². The van der Waals surface area contributed by atoms with Gasteiger partial charge in [0.15, 0.2) is 17.9 Å². The van der Waals surface area contributed by atoms with E-state index in [0.717, 1.165) is 11.8 Å². The van der Waals surface area contributed by atoms with E-state index in [1.807, 2.05) is 0 Å². The van der Waals surface area contributed by atoms with Crippen molar-refractivity contribution < 1.29 is 96.5 Å². The van der Waals surface area contributed by atoms with Gasteiger partial charge in [-0.25, -0.2) is 0 Å². The molecule has 0 aliphatic carbocycles. The average Bonchev–Trinajstić information content (AvgIpc) is 1.67. The monoisotopic (exact) mass is 2000 g/mol. The maximum Gasteiger partial charge on any atom is 0.322 e. The maximum absolute atomic E-state index is 15.5. The summed E-state index contributed by atoms with van der Waals surface area (Å²) in [5, 5.41) is 90.0. The van der Waals surface area contributed by atoms with Gasteiger partial charge in [-0.3, -0.25) is 103 Å². The molecule has 13 atom stereocenters. The summed E-state index contributed by atoms with van der Waals surface area (Å²) in [7, 11) is 0. The Hall–Kier alpha value is -13.6. The van der Waals surface area contributed by atoms with Gasteiger partial charge in [0.2, 0.25) is 94.5 Å². The number of aliphatic carboxylic acids is 2. The number of aromatic nitrogens is 2. The van der Waals surface area contributed by atoms with E-state index in [1.54, 1.807) is 88.7 Å². The largest absolute Gasteiger partial charge is 0.481 e. The molecular weight excluding hydrogens is 1860 g/mol. The van der Waals surface area contributed by atoms with E-state index in [-0.39, 0.29) is 133 Å². The second-order valence-electron chi connectivity index (χ2n) is 34.1. The summed E-state index contributed by atoms with van der Waals surface area (Å²) in [4.78, 5) is 259. The van der Waals surface area contributed by atoms with Crippen molar-refractivity contribution in [2.45, 2.75) is 242 Å². The van der Waals surface area contributed by atoms with Crippen molar-refractivity contribution in [3.05, 3.63) is 72.1 Å². The lowest BCUT2D eigenvalue weighted by Gasteiger charge is -2.29. The summed E-state index contributed by atoms with van der Waals surface area (Å²) in [6, 6.07) is -6.28. The van der Waals surface area contributed by atoms with Crippen LogP contribution in [0.3, 0.4) is 0 Å². The third kappa shape index (κ3) is 45.3. The van der Waals surface area contributed by atoms with Crippen molar-refractivity contribution in [1.29, 1.82) is 16.2 Å². The van der Waals surface area contributed by atoms with Crippen LogP contribution in [-0.2, 0) is 99.1 Å². The Balaban J connectivity index is 1.80. The zero-order chi connectivity index (χ0) is 104. The number of carboxylic acids is 2. The number of hydrogen-bond acceptors (Lipinski definition) is 26. The maximum atomic E-state index is 15.5. The van der Waals surface area contributed by atoms with E-state index < -0.39 is 248 Å². The number of carbonyl (C=O) groups is 18. The number of carbonyl (C=O) groups excluding carboxylic acids is 16. The molecule has 0 fully saturated rings. The fraction of sp³-hybridized carbons (Fsp3) is 0.580. The van der Waals surface area contributed by atoms with Gasteiger partial charge in [-0.1, -0.05) is 64.1 Å². The van der Waals surface area contributed by atoms with Crippen LogP contribution < -0.4 is 136 Å². The Morgan fingerprint density at radius 2 is 0.757 bits per heavy atom. The second-order valence-corrected chi connectivity index (χ2v) is 36.2. The Morgan fingerprint density at radius 3 is 1.16 bits per heavy atom. The molecular formula is C88H142N30O20S2. The van der Waals surface area contributed by atoms with Gasteiger partial charge in [0.1, 0.15) is 79.0 Å². The van der Waals surface area contributed by atoms with Crippen LogP contribution in [0.5, 0.6) is 0 Å². The molecule has 2 aromatic carbocycles. The molecule has 0 aliphatic rings. The number of nitrogens with two attached hydrogens (primary N) is 7. The Kier molecular flexibility index (Phi) is 54.1. The van der Waals surface area contributed by atoms with Gasteiger partial charge in [-0.2, -0.15) is 11.8 Å². The average molecular weight is 2000 g/mol. The molecule has 0 aliphatic heterocycles. The first-order valence-electron chi connectivity index (χ1n) is 46.2. The number of guanidine groups is 3. The van der Waals surface area contributed by atoms with E-state index in [0.29, 0.717) is 58.6 Å². The lowest BCUT2D eigenvalue weighted by Crippen LogP contribution is -2.61. The molecule has 776 valence electrons. The SMILES string of the molecule is CSCC[C@H](NC(=O)[C@H](CCC(=O)O)NC(=O)[C@H](Cc1c[nH]c2ccccc12)NC(=O)[C@H](CCC(N)=O)NC(=O)[C@H](Cc1c[nH]c2ccccc12)NC(=O)[C@H](CCCNC(=N)N)NC(=O)[C@H](CC(C)C)NC(=O)[C@H](CSCNC(C)=O)NC(=O)[C@H](CCCCN)NC(=O)[C@@H](N)CCCNC(=N)N)C(=O)N[C@@H](CCCNC(=N)N)C(=O)N[C@@H](CCCCN)C(=O)N[C@H](C(=O)NCC(=O)NCC(=O)O)C(C)C. The van der Waals surface area contributed by atoms with Crippen molar-refractivity contribution in [2.24, 2.45) is 52.0 Å². The number of amides is 16. The third-order valence-electron chi connectivity index (χ3n) is 21.8. The summed E-state index contributed by atoms with van der Waals surface area (Å²) in [6.07, 6.45) is 2.52. The molecule has 0 unspecified atom stereocenters. The van der Waals surface area contributed by atoms with Crippen molar-refractivity contribution in [3.8, 4) is 0 Å². The first-order valence-corrected chi connectivity index (χ1v) is 48.7. The molecule has 0 spiro atoms. The molecule has 50 nitrogen and oxygen atoms in total. The number of benzene rings is 2. The number of fused-ring (bicyclic) bond motifs is 2. The molecule has 52 heteroatoms. The number of hydrogen-bond donors (Lipinski definition) is 32. The van der Waals surface area contributed by atoms with Crippen LogP contribution in [0, 0.1) is 28.1 Å². The molecule has 2 heterocycles. The normalized spacial score (nSPS) is 13.9. The van der Waals surface area contributed by atoms with Crippen LogP contribution in [0.1, 0.15) is 161 Å². The topological polar surface area (TPSA) is 850 Å². The minimum absolute atomic E-state index is 0.00365. The number of unbranched alkanes of at least 4 members (excludes halogenated alkanes) is 2. The zero-order valence-corrected chi connectivity index (χ0v) is 81.4. The molecule has 0 radical (unpaired) electrons. The van der Waals surface area contributed by atoms with Gasteiger partial charge in [0, 0.05) is 92.2 Å². The highest BCUT2D eigenvalue weighted by Crippen LogP contribution is 2.23. The number of rotatable bonds is 69. The Morgan fingerprint density at radius 1 is 0.393 bits per heavy atom. The summed E-state index contributed by atoms with van der Waals surface area (Å²) in [5.41, 5.74) is 42.1. The fourth-order valence-electron chi connectivity index (χ4n) is 14.4. The number of nitrogens with one attached hydrogen (secondary N) is 23. The Bertz CT molecular complexity index is 4850. The highest BCUT2D eigenvalue weighted by atomic mass is 32.2. The van der Waals surface area contributed by atoms with Crippen molar-refractivity contribution >= 4 is 170 Å². The molecule has 16 amide bonds. The van der Waals surface area contributed by atoms with Crippen LogP contribution >= 0.6 is 23.5 Å². The van der Waals surface area contributed by atoms with Gasteiger partial charge in [-0.15, -0.1) is 11.8 Å². The first kappa shape index (κ1) is 119. The highest BCUT2D eigenvalue weighted by molar-refractivity contribution is 7.99. The molecule has 4 rings (SSSR count). The quantitative estimate of drug-likeness (QED) is 0.00848. The summed E-state index contributed by atoms with van der Waals surface area (Å²) in [6.45, 7) is 7.11. The van der Waals surface area contributed by atoms with E-state index in [1.165, 1.54) is 24.9 Å². The number of thioether (sulfide) groups is 2. The lowest BCUT2D eigenvalue weighted by molar-refractivity contribution is -0.139. The van der Waals surface area contributed by atoms with Crippen molar-refractivity contribution in [2.75, 3.05) is 69.5 Å². The Labute approximate surface area is 819 Å². The van der Waals surface area contributed by atoms with Crippen molar-refractivity contribution in [1.82, 2.24) is 106 Å². The minimum Gasteiger partial charge on any atom is -0.481 e. The number of carboxylic acid groups (broad SMARTS) is 2. The van der Waals surface area contributed by atoms with E-state index in [2.05, 4.69) is 106 Å².